The molecule has 4 rings (SSSR count). The zero-order valence-electron chi connectivity index (χ0n) is 13.0. The summed E-state index contributed by atoms with van der Waals surface area (Å²) in [5.41, 5.74) is 2.57. The van der Waals surface area contributed by atoms with Gasteiger partial charge < -0.3 is 5.32 Å². The first-order valence-electron chi connectivity index (χ1n) is 8.19. The largest absolute Gasteiger partial charge is 0.310 e. The van der Waals surface area contributed by atoms with Gasteiger partial charge in [0.1, 0.15) is 5.01 Å². The van der Waals surface area contributed by atoms with Crippen molar-refractivity contribution in [2.24, 2.45) is 17.8 Å². The third-order valence-corrected chi connectivity index (χ3v) is 6.04. The molecule has 1 aromatic heterocycles. The number of aromatic nitrogens is 1. The number of rotatable bonds is 5. The van der Waals surface area contributed by atoms with Gasteiger partial charge >= 0.3 is 0 Å². The highest BCUT2D eigenvalue weighted by atomic mass is 32.1. The van der Waals surface area contributed by atoms with Crippen LogP contribution in [-0.2, 0) is 6.54 Å². The Morgan fingerprint density at radius 1 is 1.18 bits per heavy atom. The van der Waals surface area contributed by atoms with E-state index in [1.807, 2.05) is 6.20 Å². The van der Waals surface area contributed by atoms with Crippen LogP contribution in [0.15, 0.2) is 42.6 Å². The van der Waals surface area contributed by atoms with Crippen molar-refractivity contribution in [2.45, 2.75) is 26.3 Å². The van der Waals surface area contributed by atoms with Crippen LogP contribution in [0.2, 0.25) is 0 Å². The summed E-state index contributed by atoms with van der Waals surface area (Å²) in [6.45, 7) is 4.15. The minimum absolute atomic E-state index is 0.830. The molecule has 3 atom stereocenters. The van der Waals surface area contributed by atoms with Crippen LogP contribution in [0.5, 0.6) is 0 Å². The van der Waals surface area contributed by atoms with Crippen LogP contribution in [0.3, 0.4) is 0 Å². The predicted octanol–water partition coefficient (Wildman–Crippen LogP) is 4.42. The molecule has 1 fully saturated rings. The fraction of sp³-hybridized carbons (Fsp3) is 0.421. The van der Waals surface area contributed by atoms with Crippen molar-refractivity contribution in [3.05, 3.63) is 53.2 Å². The van der Waals surface area contributed by atoms with Crippen LogP contribution >= 0.6 is 11.3 Å². The summed E-state index contributed by atoms with van der Waals surface area (Å²) < 4.78 is 0. The predicted molar refractivity (Wildman–Crippen MR) is 92.8 cm³/mol. The fourth-order valence-corrected chi connectivity index (χ4v) is 4.63. The number of nitrogens with zero attached hydrogens (tertiary/aromatic N) is 1. The Labute approximate surface area is 136 Å². The van der Waals surface area contributed by atoms with Crippen molar-refractivity contribution in [1.29, 1.82) is 0 Å². The Hall–Kier alpha value is -1.45. The number of hydrogen-bond acceptors (Lipinski definition) is 3. The summed E-state index contributed by atoms with van der Waals surface area (Å²) in [5.74, 6) is 2.54. The molecule has 3 unspecified atom stereocenters. The molecule has 2 bridgehead atoms. The van der Waals surface area contributed by atoms with E-state index in [0.29, 0.717) is 0 Å². The van der Waals surface area contributed by atoms with Crippen molar-refractivity contribution >= 4 is 11.3 Å². The molecule has 2 aromatic rings. The first-order valence-corrected chi connectivity index (χ1v) is 9.00. The van der Waals surface area contributed by atoms with Gasteiger partial charge in [-0.25, -0.2) is 4.98 Å². The van der Waals surface area contributed by atoms with Crippen molar-refractivity contribution in [2.75, 3.05) is 6.54 Å². The van der Waals surface area contributed by atoms with E-state index in [1.54, 1.807) is 11.3 Å². The van der Waals surface area contributed by atoms with E-state index in [0.717, 1.165) is 30.8 Å². The van der Waals surface area contributed by atoms with Gasteiger partial charge in [-0.1, -0.05) is 42.0 Å². The normalized spacial score (nSPS) is 26.0. The van der Waals surface area contributed by atoms with Gasteiger partial charge in [0.15, 0.2) is 0 Å². The minimum atomic E-state index is 0.830. The maximum Gasteiger partial charge on any atom is 0.107 e. The quantitative estimate of drug-likeness (QED) is 0.827. The lowest BCUT2D eigenvalue weighted by molar-refractivity contribution is 0.414. The molecule has 2 nitrogen and oxygen atoms in total. The number of nitrogens with one attached hydrogen (secondary N) is 1. The van der Waals surface area contributed by atoms with E-state index in [1.165, 1.54) is 33.9 Å². The average Bonchev–Trinajstić information content (AvgIpc) is 3.24. The maximum absolute atomic E-state index is 4.57. The van der Waals surface area contributed by atoms with Crippen LogP contribution in [0, 0.1) is 24.7 Å². The molecular formula is C19H22N2S. The maximum atomic E-state index is 4.57. The van der Waals surface area contributed by atoms with Gasteiger partial charge in [0.05, 0.1) is 4.88 Å². The smallest absolute Gasteiger partial charge is 0.107 e. The van der Waals surface area contributed by atoms with Crippen LogP contribution in [-0.4, -0.2) is 11.5 Å². The summed E-state index contributed by atoms with van der Waals surface area (Å²) in [4.78, 5) is 5.83. The molecule has 22 heavy (non-hydrogen) atoms. The highest BCUT2D eigenvalue weighted by molar-refractivity contribution is 7.15. The van der Waals surface area contributed by atoms with Crippen molar-refractivity contribution in [1.82, 2.24) is 10.3 Å². The minimum Gasteiger partial charge on any atom is -0.310 e. The number of fused-ring (bicyclic) bond motifs is 2. The summed E-state index contributed by atoms with van der Waals surface area (Å²) in [6.07, 6.45) is 9.61. The second-order valence-electron chi connectivity index (χ2n) is 6.66. The molecule has 1 heterocycles. The Balaban J connectivity index is 1.32. The molecule has 0 amide bonds. The third kappa shape index (κ3) is 2.88. The van der Waals surface area contributed by atoms with Crippen LogP contribution in [0.4, 0.5) is 0 Å². The molecule has 0 radical (unpaired) electrons. The number of thiazole rings is 1. The van der Waals surface area contributed by atoms with E-state index in [-0.39, 0.29) is 0 Å². The summed E-state index contributed by atoms with van der Waals surface area (Å²) in [5, 5.41) is 4.81. The van der Waals surface area contributed by atoms with E-state index >= 15 is 0 Å². The van der Waals surface area contributed by atoms with Gasteiger partial charge in [-0.3, -0.25) is 0 Å². The number of benzene rings is 1. The summed E-state index contributed by atoms with van der Waals surface area (Å²) in [7, 11) is 0. The average molecular weight is 310 g/mol. The first-order chi connectivity index (χ1) is 10.8. The Kier molecular flexibility index (Phi) is 3.85. The zero-order chi connectivity index (χ0) is 14.9. The van der Waals surface area contributed by atoms with E-state index < -0.39 is 0 Å². The van der Waals surface area contributed by atoms with Crippen molar-refractivity contribution in [3.8, 4) is 10.4 Å². The van der Waals surface area contributed by atoms with E-state index in [2.05, 4.69) is 53.6 Å². The molecule has 1 aromatic carbocycles. The number of allylic oxidation sites excluding steroid dienone is 2. The Bertz CT molecular complexity index is 671. The van der Waals surface area contributed by atoms with Gasteiger partial charge in [0, 0.05) is 12.7 Å². The van der Waals surface area contributed by atoms with E-state index in [9.17, 15) is 0 Å². The Morgan fingerprint density at radius 2 is 2.05 bits per heavy atom. The Morgan fingerprint density at radius 3 is 2.77 bits per heavy atom. The van der Waals surface area contributed by atoms with Crippen molar-refractivity contribution < 1.29 is 0 Å². The van der Waals surface area contributed by atoms with Gasteiger partial charge in [-0.2, -0.15) is 0 Å². The van der Waals surface area contributed by atoms with Gasteiger partial charge in [0.2, 0.25) is 0 Å². The van der Waals surface area contributed by atoms with Gasteiger partial charge in [-0.15, -0.1) is 11.3 Å². The molecule has 1 N–H and O–H groups in total. The summed E-state index contributed by atoms with van der Waals surface area (Å²) in [6, 6.07) is 8.69. The topological polar surface area (TPSA) is 24.9 Å². The second kappa shape index (κ2) is 5.98. The summed E-state index contributed by atoms with van der Waals surface area (Å²) >= 11 is 1.80. The second-order valence-corrected chi connectivity index (χ2v) is 7.77. The lowest BCUT2D eigenvalue weighted by atomic mass is 9.94. The zero-order valence-corrected chi connectivity index (χ0v) is 13.8. The SMILES string of the molecule is Cc1ccc(-c2cnc(CNCC3CC4C=CC3C4)s2)cc1. The van der Waals surface area contributed by atoms with E-state index in [4.69, 9.17) is 0 Å². The molecule has 3 heteroatoms. The number of hydrogen-bond donors (Lipinski definition) is 1. The molecule has 114 valence electrons. The standard InChI is InChI=1S/C19H22N2S/c1-13-2-5-15(6-3-13)18-11-21-19(22-18)12-20-10-17-9-14-4-7-16(17)8-14/h2-7,11,14,16-17,20H,8-10,12H2,1H3. The first kappa shape index (κ1) is 14.2. The molecule has 0 spiro atoms. The molecule has 2 aliphatic carbocycles. The number of aryl methyl sites for hydroxylation is 1. The molecule has 0 aliphatic heterocycles. The molecule has 0 saturated heterocycles. The van der Waals surface area contributed by atoms with Crippen LogP contribution in [0.25, 0.3) is 10.4 Å². The highest BCUT2D eigenvalue weighted by Crippen LogP contribution is 2.43. The molecule has 2 aliphatic rings. The van der Waals surface area contributed by atoms with Crippen LogP contribution in [0.1, 0.15) is 23.4 Å². The van der Waals surface area contributed by atoms with Crippen molar-refractivity contribution in [3.63, 3.8) is 0 Å². The van der Waals surface area contributed by atoms with Gasteiger partial charge in [-0.05, 0) is 49.6 Å². The lowest BCUT2D eigenvalue weighted by Crippen LogP contribution is -2.24. The highest BCUT2D eigenvalue weighted by Gasteiger charge is 2.34. The molecular weight excluding hydrogens is 288 g/mol. The fourth-order valence-electron chi connectivity index (χ4n) is 3.74. The van der Waals surface area contributed by atoms with Crippen LogP contribution < -0.4 is 5.32 Å². The van der Waals surface area contributed by atoms with Gasteiger partial charge in [0.25, 0.3) is 0 Å². The molecule has 1 saturated carbocycles. The lowest BCUT2D eigenvalue weighted by Gasteiger charge is -2.17. The third-order valence-electron chi connectivity index (χ3n) is 4.99. The monoisotopic (exact) mass is 310 g/mol.